The van der Waals surface area contributed by atoms with E-state index in [4.69, 9.17) is 9.15 Å². The molecule has 174 valence electrons. The minimum Gasteiger partial charge on any atom is -0.468 e. The molecule has 8 nitrogen and oxygen atoms in total. The van der Waals surface area contributed by atoms with Crippen molar-refractivity contribution >= 4 is 21.9 Å². The second kappa shape index (κ2) is 11.4. The van der Waals surface area contributed by atoms with Crippen molar-refractivity contribution in [2.75, 3.05) is 6.61 Å². The number of carbonyl (C=O) groups excluding carboxylic acids is 2. The number of benzene rings is 2. The van der Waals surface area contributed by atoms with Crippen molar-refractivity contribution in [1.82, 2.24) is 10.0 Å². The van der Waals surface area contributed by atoms with E-state index >= 15 is 0 Å². The van der Waals surface area contributed by atoms with Gasteiger partial charge in [0.15, 0.2) is 6.61 Å². The molecule has 0 radical (unpaired) electrons. The number of nitrogens with one attached hydrogen (secondary N) is 2. The molecule has 0 saturated heterocycles. The van der Waals surface area contributed by atoms with E-state index in [1.54, 1.807) is 12.1 Å². The summed E-state index contributed by atoms with van der Waals surface area (Å²) in [7, 11) is -3.77. The standard InChI is InChI=1S/C24H26N2O6S/c1-18(9-10-19-6-3-2-4-7-19)26-23(27)17-32-24(28)20-11-13-22(14-12-20)33(29,30)25-16-21-8-5-15-31-21/h2-8,11-15,18,25H,9-10,16-17H2,1H3,(H,26,27). The van der Waals surface area contributed by atoms with Gasteiger partial charge in [0.25, 0.3) is 5.91 Å². The Balaban J connectivity index is 1.43. The van der Waals surface area contributed by atoms with Crippen LogP contribution in [0.15, 0.2) is 82.3 Å². The summed E-state index contributed by atoms with van der Waals surface area (Å²) in [6, 6.07) is 18.5. The van der Waals surface area contributed by atoms with E-state index in [2.05, 4.69) is 10.0 Å². The minimum atomic E-state index is -3.77. The fraction of sp³-hybridized carbons (Fsp3) is 0.250. The summed E-state index contributed by atoms with van der Waals surface area (Å²) in [6.07, 6.45) is 3.04. The van der Waals surface area contributed by atoms with E-state index in [0.29, 0.717) is 5.76 Å². The molecule has 0 fully saturated rings. The van der Waals surface area contributed by atoms with Crippen LogP contribution in [0.3, 0.4) is 0 Å². The quantitative estimate of drug-likeness (QED) is 0.416. The van der Waals surface area contributed by atoms with Crippen LogP contribution in [0.2, 0.25) is 0 Å². The zero-order valence-electron chi connectivity index (χ0n) is 18.2. The average molecular weight is 471 g/mol. The highest BCUT2D eigenvalue weighted by Gasteiger charge is 2.17. The lowest BCUT2D eigenvalue weighted by atomic mass is 10.1. The van der Waals surface area contributed by atoms with Crippen LogP contribution >= 0.6 is 0 Å². The number of carbonyl (C=O) groups is 2. The van der Waals surface area contributed by atoms with Gasteiger partial charge in [0.1, 0.15) is 5.76 Å². The third-order valence-electron chi connectivity index (χ3n) is 4.87. The van der Waals surface area contributed by atoms with Gasteiger partial charge >= 0.3 is 5.97 Å². The summed E-state index contributed by atoms with van der Waals surface area (Å²) in [4.78, 5) is 24.3. The molecule has 1 heterocycles. The predicted molar refractivity (Wildman–Crippen MR) is 122 cm³/mol. The zero-order chi connectivity index (χ0) is 23.7. The van der Waals surface area contributed by atoms with Crippen LogP contribution in [-0.4, -0.2) is 32.9 Å². The molecule has 0 aliphatic heterocycles. The molecule has 0 spiro atoms. The molecule has 1 amide bonds. The number of sulfonamides is 1. The van der Waals surface area contributed by atoms with Gasteiger partial charge in [-0.1, -0.05) is 30.3 Å². The van der Waals surface area contributed by atoms with Crippen LogP contribution in [0.25, 0.3) is 0 Å². The lowest BCUT2D eigenvalue weighted by Crippen LogP contribution is -2.36. The predicted octanol–water partition coefficient (Wildman–Crippen LogP) is 3.05. The van der Waals surface area contributed by atoms with Gasteiger partial charge in [0.05, 0.1) is 23.3 Å². The van der Waals surface area contributed by atoms with E-state index in [0.717, 1.165) is 12.8 Å². The molecule has 3 rings (SSSR count). The van der Waals surface area contributed by atoms with Crippen molar-refractivity contribution in [2.45, 2.75) is 37.2 Å². The molecule has 2 N–H and O–H groups in total. The lowest BCUT2D eigenvalue weighted by Gasteiger charge is -2.14. The Morgan fingerprint density at radius 3 is 2.39 bits per heavy atom. The highest BCUT2D eigenvalue weighted by atomic mass is 32.2. The van der Waals surface area contributed by atoms with Crippen LogP contribution in [0, 0.1) is 0 Å². The molecule has 1 unspecified atom stereocenters. The van der Waals surface area contributed by atoms with Crippen LogP contribution in [-0.2, 0) is 32.5 Å². The normalized spacial score (nSPS) is 12.2. The molecule has 1 atom stereocenters. The fourth-order valence-electron chi connectivity index (χ4n) is 3.06. The molecule has 0 saturated carbocycles. The number of aryl methyl sites for hydroxylation is 1. The summed E-state index contributed by atoms with van der Waals surface area (Å²) in [5.74, 6) is -0.633. The lowest BCUT2D eigenvalue weighted by molar-refractivity contribution is -0.124. The topological polar surface area (TPSA) is 115 Å². The molecule has 33 heavy (non-hydrogen) atoms. The molecule has 1 aromatic heterocycles. The van der Waals surface area contributed by atoms with Crippen molar-refractivity contribution < 1.29 is 27.2 Å². The summed E-state index contributed by atoms with van der Waals surface area (Å²) in [6.45, 7) is 1.49. The van der Waals surface area contributed by atoms with Gasteiger partial charge in [0, 0.05) is 6.04 Å². The number of hydrogen-bond acceptors (Lipinski definition) is 6. The molecule has 9 heteroatoms. The van der Waals surface area contributed by atoms with Crippen LogP contribution in [0.1, 0.15) is 35.0 Å². The first kappa shape index (κ1) is 24.2. The second-order valence-corrected chi connectivity index (χ2v) is 9.26. The Morgan fingerprint density at radius 1 is 1.00 bits per heavy atom. The molecule has 3 aromatic rings. The Morgan fingerprint density at radius 2 is 1.73 bits per heavy atom. The molecule has 0 bridgehead atoms. The Bertz CT molecular complexity index is 1140. The van der Waals surface area contributed by atoms with Crippen molar-refractivity contribution in [3.63, 3.8) is 0 Å². The minimum absolute atomic E-state index is 0.00408. The third-order valence-corrected chi connectivity index (χ3v) is 6.28. The van der Waals surface area contributed by atoms with Gasteiger partial charge in [-0.3, -0.25) is 4.79 Å². The van der Waals surface area contributed by atoms with Crippen LogP contribution in [0.4, 0.5) is 0 Å². The van der Waals surface area contributed by atoms with E-state index in [1.165, 1.54) is 36.1 Å². The SMILES string of the molecule is CC(CCc1ccccc1)NC(=O)COC(=O)c1ccc(S(=O)(=O)NCc2ccco2)cc1. The van der Waals surface area contributed by atoms with E-state index in [-0.39, 0.29) is 23.0 Å². The van der Waals surface area contributed by atoms with E-state index in [9.17, 15) is 18.0 Å². The highest BCUT2D eigenvalue weighted by molar-refractivity contribution is 7.89. The monoisotopic (exact) mass is 470 g/mol. The molecular formula is C24H26N2O6S. The number of furan rings is 1. The van der Waals surface area contributed by atoms with Gasteiger partial charge in [-0.25, -0.2) is 17.9 Å². The number of rotatable bonds is 11. The number of amides is 1. The van der Waals surface area contributed by atoms with Crippen molar-refractivity contribution in [2.24, 2.45) is 0 Å². The Labute approximate surface area is 193 Å². The van der Waals surface area contributed by atoms with E-state index in [1.807, 2.05) is 37.3 Å². The fourth-order valence-corrected chi connectivity index (χ4v) is 4.06. The first-order chi connectivity index (χ1) is 15.8. The van der Waals surface area contributed by atoms with Gasteiger partial charge in [-0.05, 0) is 61.7 Å². The van der Waals surface area contributed by atoms with Crippen LogP contribution in [0.5, 0.6) is 0 Å². The maximum Gasteiger partial charge on any atom is 0.338 e. The maximum absolute atomic E-state index is 12.3. The molecule has 0 aliphatic carbocycles. The van der Waals surface area contributed by atoms with Crippen molar-refractivity contribution in [3.8, 4) is 0 Å². The van der Waals surface area contributed by atoms with Gasteiger partial charge in [-0.15, -0.1) is 0 Å². The van der Waals surface area contributed by atoms with Gasteiger partial charge in [0.2, 0.25) is 10.0 Å². The third kappa shape index (κ3) is 7.58. The first-order valence-electron chi connectivity index (χ1n) is 10.5. The van der Waals surface area contributed by atoms with E-state index < -0.39 is 28.5 Å². The van der Waals surface area contributed by atoms with Crippen LogP contribution < -0.4 is 10.0 Å². The summed E-state index contributed by atoms with van der Waals surface area (Å²) in [5.41, 5.74) is 1.33. The Hall–Kier alpha value is -3.43. The summed E-state index contributed by atoms with van der Waals surface area (Å²) in [5, 5.41) is 2.80. The summed E-state index contributed by atoms with van der Waals surface area (Å²) >= 11 is 0. The van der Waals surface area contributed by atoms with Crippen molar-refractivity contribution in [3.05, 3.63) is 89.9 Å². The average Bonchev–Trinajstić information content (AvgIpc) is 3.35. The number of esters is 1. The van der Waals surface area contributed by atoms with Gasteiger partial charge < -0.3 is 14.5 Å². The highest BCUT2D eigenvalue weighted by Crippen LogP contribution is 2.12. The largest absolute Gasteiger partial charge is 0.468 e. The second-order valence-electron chi connectivity index (χ2n) is 7.50. The number of ether oxygens (including phenoxy) is 1. The Kier molecular flexibility index (Phi) is 8.39. The first-order valence-corrected chi connectivity index (χ1v) is 11.9. The molecule has 2 aromatic carbocycles. The van der Waals surface area contributed by atoms with Crippen molar-refractivity contribution in [1.29, 1.82) is 0 Å². The summed E-state index contributed by atoms with van der Waals surface area (Å²) < 4.78 is 37.3. The number of hydrogen-bond donors (Lipinski definition) is 2. The molecular weight excluding hydrogens is 444 g/mol. The van der Waals surface area contributed by atoms with Gasteiger partial charge in [-0.2, -0.15) is 0 Å². The smallest absolute Gasteiger partial charge is 0.338 e. The molecule has 0 aliphatic rings. The zero-order valence-corrected chi connectivity index (χ0v) is 19.0. The maximum atomic E-state index is 12.3.